The van der Waals surface area contributed by atoms with E-state index in [2.05, 4.69) is 16.7 Å². The molecule has 0 aromatic heterocycles. The van der Waals surface area contributed by atoms with E-state index in [1.54, 1.807) is 0 Å². The van der Waals surface area contributed by atoms with Gasteiger partial charge >= 0.3 is 0 Å². The van der Waals surface area contributed by atoms with Crippen molar-refractivity contribution in [3.05, 3.63) is 35.4 Å². The van der Waals surface area contributed by atoms with Crippen molar-refractivity contribution in [3.8, 4) is 0 Å². The average molecular weight is 282 g/mol. The van der Waals surface area contributed by atoms with Crippen LogP contribution in [0.1, 0.15) is 24.2 Å². The quantitative estimate of drug-likeness (QED) is 0.791. The Labute approximate surface area is 118 Å². The van der Waals surface area contributed by atoms with E-state index in [0.717, 1.165) is 44.9 Å². The number of ketones is 1. The first-order chi connectivity index (χ1) is 9.52. The molecule has 0 aliphatic carbocycles. The number of hydrogen-bond acceptors (Lipinski definition) is 3. The molecule has 3 nitrogen and oxygen atoms in total. The Morgan fingerprint density at radius 2 is 1.85 bits per heavy atom. The molecule has 1 aliphatic heterocycles. The van der Waals surface area contributed by atoms with Crippen molar-refractivity contribution in [3.63, 3.8) is 0 Å². The SMILES string of the molecule is CCN1CCN(C(C)C(=O)c2ccc(F)c(F)c2)CC1. The first kappa shape index (κ1) is 15.1. The summed E-state index contributed by atoms with van der Waals surface area (Å²) in [4.78, 5) is 16.7. The summed E-state index contributed by atoms with van der Waals surface area (Å²) in [6, 6.07) is 3.03. The lowest BCUT2D eigenvalue weighted by Gasteiger charge is -2.37. The molecule has 0 radical (unpaired) electrons. The van der Waals surface area contributed by atoms with Gasteiger partial charge in [0.25, 0.3) is 0 Å². The van der Waals surface area contributed by atoms with Gasteiger partial charge in [0, 0.05) is 31.7 Å². The Balaban J connectivity index is 2.03. The molecule has 0 spiro atoms. The summed E-state index contributed by atoms with van der Waals surface area (Å²) in [6.07, 6.45) is 0. The van der Waals surface area contributed by atoms with E-state index in [1.165, 1.54) is 6.07 Å². The minimum atomic E-state index is -0.973. The number of Topliss-reactive ketones (excluding diaryl/α,β-unsaturated/α-hetero) is 1. The van der Waals surface area contributed by atoms with Gasteiger partial charge in [-0.1, -0.05) is 6.92 Å². The number of likely N-dealkylation sites (N-methyl/N-ethyl adjacent to an activating group) is 1. The molecule has 0 bridgehead atoms. The molecule has 0 saturated carbocycles. The van der Waals surface area contributed by atoms with Crippen LogP contribution in [0.15, 0.2) is 18.2 Å². The molecular weight excluding hydrogens is 262 g/mol. The number of hydrogen-bond donors (Lipinski definition) is 0. The lowest BCUT2D eigenvalue weighted by molar-refractivity contribution is 0.0709. The summed E-state index contributed by atoms with van der Waals surface area (Å²) in [5.74, 6) is -2.06. The molecule has 1 saturated heterocycles. The third-order valence-corrected chi connectivity index (χ3v) is 3.99. The van der Waals surface area contributed by atoms with Gasteiger partial charge in [-0.3, -0.25) is 9.69 Å². The number of carbonyl (C=O) groups is 1. The molecule has 2 rings (SSSR count). The van der Waals surface area contributed by atoms with Crippen LogP contribution in [-0.2, 0) is 0 Å². The summed E-state index contributed by atoms with van der Waals surface area (Å²) in [5.41, 5.74) is 0.231. The smallest absolute Gasteiger partial charge is 0.179 e. The predicted molar refractivity (Wildman–Crippen MR) is 73.8 cm³/mol. The molecule has 0 amide bonds. The topological polar surface area (TPSA) is 23.6 Å². The fourth-order valence-electron chi connectivity index (χ4n) is 2.52. The molecule has 110 valence electrons. The number of nitrogens with zero attached hydrogens (tertiary/aromatic N) is 2. The molecular formula is C15H20F2N2O. The van der Waals surface area contributed by atoms with Gasteiger partial charge in [-0.15, -0.1) is 0 Å². The van der Waals surface area contributed by atoms with Crippen LogP contribution in [0.2, 0.25) is 0 Å². The van der Waals surface area contributed by atoms with Crippen molar-refractivity contribution >= 4 is 5.78 Å². The first-order valence-corrected chi connectivity index (χ1v) is 6.98. The van der Waals surface area contributed by atoms with Gasteiger partial charge in [0.1, 0.15) is 0 Å². The Morgan fingerprint density at radius 3 is 2.40 bits per heavy atom. The van der Waals surface area contributed by atoms with Crippen LogP contribution in [0.3, 0.4) is 0 Å². The number of piperazine rings is 1. The molecule has 1 aromatic carbocycles. The fraction of sp³-hybridized carbons (Fsp3) is 0.533. The van der Waals surface area contributed by atoms with Gasteiger partial charge in [0.15, 0.2) is 17.4 Å². The number of rotatable bonds is 4. The Hall–Kier alpha value is -1.33. The average Bonchev–Trinajstić information content (AvgIpc) is 2.48. The summed E-state index contributed by atoms with van der Waals surface area (Å²) in [5, 5.41) is 0. The molecule has 1 unspecified atom stereocenters. The normalized spacial score (nSPS) is 19.0. The number of carbonyl (C=O) groups excluding carboxylic acids is 1. The van der Waals surface area contributed by atoms with Crippen molar-refractivity contribution in [1.82, 2.24) is 9.80 Å². The molecule has 20 heavy (non-hydrogen) atoms. The van der Waals surface area contributed by atoms with E-state index in [0.29, 0.717) is 0 Å². The van der Waals surface area contributed by atoms with Gasteiger partial charge in [-0.25, -0.2) is 8.78 Å². The Bertz CT molecular complexity index is 485. The van der Waals surface area contributed by atoms with Gasteiger partial charge in [-0.05, 0) is 31.7 Å². The monoisotopic (exact) mass is 282 g/mol. The van der Waals surface area contributed by atoms with Crippen molar-refractivity contribution in [2.75, 3.05) is 32.7 Å². The molecule has 1 heterocycles. The Morgan fingerprint density at radius 1 is 1.20 bits per heavy atom. The predicted octanol–water partition coefficient (Wildman–Crippen LogP) is 2.17. The summed E-state index contributed by atoms with van der Waals surface area (Å²) in [6.45, 7) is 8.47. The molecule has 5 heteroatoms. The zero-order valence-electron chi connectivity index (χ0n) is 11.9. The second-order valence-corrected chi connectivity index (χ2v) is 5.14. The fourth-order valence-corrected chi connectivity index (χ4v) is 2.52. The van der Waals surface area contributed by atoms with E-state index in [1.807, 2.05) is 6.92 Å². The number of halogens is 2. The highest BCUT2D eigenvalue weighted by molar-refractivity contribution is 5.99. The van der Waals surface area contributed by atoms with E-state index in [4.69, 9.17) is 0 Å². The van der Waals surface area contributed by atoms with Crippen LogP contribution in [0.4, 0.5) is 8.78 Å². The minimum absolute atomic E-state index is 0.158. The third-order valence-electron chi connectivity index (χ3n) is 3.99. The van der Waals surface area contributed by atoms with Crippen LogP contribution >= 0.6 is 0 Å². The maximum absolute atomic E-state index is 13.2. The van der Waals surface area contributed by atoms with E-state index in [9.17, 15) is 13.6 Å². The van der Waals surface area contributed by atoms with Crippen LogP contribution in [0, 0.1) is 11.6 Å². The minimum Gasteiger partial charge on any atom is -0.301 e. The molecule has 1 aromatic rings. The van der Waals surface area contributed by atoms with Crippen LogP contribution in [0.25, 0.3) is 0 Å². The molecule has 1 aliphatic rings. The maximum Gasteiger partial charge on any atom is 0.179 e. The highest BCUT2D eigenvalue weighted by atomic mass is 19.2. The first-order valence-electron chi connectivity index (χ1n) is 6.98. The lowest BCUT2D eigenvalue weighted by Crippen LogP contribution is -2.51. The summed E-state index contributed by atoms with van der Waals surface area (Å²) < 4.78 is 26.1. The van der Waals surface area contributed by atoms with Crippen LogP contribution < -0.4 is 0 Å². The Kier molecular flexibility index (Phi) is 4.83. The van der Waals surface area contributed by atoms with E-state index < -0.39 is 11.6 Å². The third kappa shape index (κ3) is 3.22. The largest absolute Gasteiger partial charge is 0.301 e. The highest BCUT2D eigenvalue weighted by Crippen LogP contribution is 2.14. The standard InChI is InChI=1S/C15H20F2N2O/c1-3-18-6-8-19(9-7-18)11(2)15(20)12-4-5-13(16)14(17)10-12/h4-5,10-11H,3,6-9H2,1-2H3. The summed E-state index contributed by atoms with van der Waals surface area (Å²) >= 11 is 0. The van der Waals surface area contributed by atoms with Crippen molar-refractivity contribution in [1.29, 1.82) is 0 Å². The second-order valence-electron chi connectivity index (χ2n) is 5.14. The lowest BCUT2D eigenvalue weighted by atomic mass is 10.0. The molecule has 1 fully saturated rings. The van der Waals surface area contributed by atoms with Crippen molar-refractivity contribution in [2.45, 2.75) is 19.9 Å². The summed E-state index contributed by atoms with van der Waals surface area (Å²) in [7, 11) is 0. The zero-order valence-corrected chi connectivity index (χ0v) is 11.9. The second kappa shape index (κ2) is 6.41. The van der Waals surface area contributed by atoms with Gasteiger partial charge < -0.3 is 4.90 Å². The van der Waals surface area contributed by atoms with Gasteiger partial charge in [-0.2, -0.15) is 0 Å². The maximum atomic E-state index is 13.2. The van der Waals surface area contributed by atoms with Crippen molar-refractivity contribution in [2.24, 2.45) is 0 Å². The molecule has 1 atom stereocenters. The highest BCUT2D eigenvalue weighted by Gasteiger charge is 2.26. The van der Waals surface area contributed by atoms with Gasteiger partial charge in [0.2, 0.25) is 0 Å². The van der Waals surface area contributed by atoms with Crippen molar-refractivity contribution < 1.29 is 13.6 Å². The number of benzene rings is 1. The van der Waals surface area contributed by atoms with E-state index in [-0.39, 0.29) is 17.4 Å². The van der Waals surface area contributed by atoms with Crippen LogP contribution in [-0.4, -0.2) is 54.3 Å². The van der Waals surface area contributed by atoms with Crippen LogP contribution in [0.5, 0.6) is 0 Å². The van der Waals surface area contributed by atoms with E-state index >= 15 is 0 Å². The molecule has 0 N–H and O–H groups in total. The zero-order chi connectivity index (χ0) is 14.7. The van der Waals surface area contributed by atoms with Gasteiger partial charge in [0.05, 0.1) is 6.04 Å².